The van der Waals surface area contributed by atoms with Crippen LogP contribution < -0.4 is 4.57 Å². The van der Waals surface area contributed by atoms with E-state index < -0.39 is 0 Å². The van der Waals surface area contributed by atoms with E-state index in [-0.39, 0.29) is 5.41 Å². The molecule has 0 saturated heterocycles. The molecule has 0 aliphatic heterocycles. The zero-order valence-corrected chi connectivity index (χ0v) is 19.4. The summed E-state index contributed by atoms with van der Waals surface area (Å²) in [6.07, 6.45) is 7.01. The highest BCUT2D eigenvalue weighted by Crippen LogP contribution is 2.56. The first-order chi connectivity index (χ1) is 16.1. The molecular weight excluding hydrogens is 404 g/mol. The topological polar surface area (TPSA) is 29.9 Å². The van der Waals surface area contributed by atoms with E-state index in [9.17, 15) is 0 Å². The number of benzene rings is 2. The first kappa shape index (κ1) is 19.0. The third-order valence-electron chi connectivity index (χ3n) is 8.05. The Morgan fingerprint density at radius 1 is 0.909 bits per heavy atom. The van der Waals surface area contributed by atoms with Crippen LogP contribution in [0.2, 0.25) is 0 Å². The average molecular weight is 432 g/mol. The molecule has 2 aliphatic carbocycles. The monoisotopic (exact) mass is 431 g/mol. The summed E-state index contributed by atoms with van der Waals surface area (Å²) in [7, 11) is 2.10. The van der Waals surface area contributed by atoms with E-state index in [4.69, 9.17) is 9.40 Å². The largest absolute Gasteiger partial charge is 0.437 e. The van der Waals surface area contributed by atoms with Gasteiger partial charge in [0.15, 0.2) is 11.8 Å². The van der Waals surface area contributed by atoms with Gasteiger partial charge in [0.05, 0.1) is 11.3 Å². The van der Waals surface area contributed by atoms with Crippen LogP contribution in [0.25, 0.3) is 44.5 Å². The molecule has 3 heterocycles. The highest BCUT2D eigenvalue weighted by atomic mass is 16.3. The highest BCUT2D eigenvalue weighted by molar-refractivity contribution is 6.10. The van der Waals surface area contributed by atoms with Crippen LogP contribution in [0.3, 0.4) is 0 Å². The molecule has 33 heavy (non-hydrogen) atoms. The van der Waals surface area contributed by atoms with Gasteiger partial charge in [0.25, 0.3) is 0 Å². The van der Waals surface area contributed by atoms with Crippen molar-refractivity contribution in [3.05, 3.63) is 83.2 Å². The molecule has 2 aliphatic rings. The summed E-state index contributed by atoms with van der Waals surface area (Å²) in [5, 5.41) is 2.26. The van der Waals surface area contributed by atoms with Gasteiger partial charge < -0.3 is 4.42 Å². The number of furan rings is 1. The van der Waals surface area contributed by atoms with Gasteiger partial charge in [-0.2, -0.15) is 0 Å². The van der Waals surface area contributed by atoms with Crippen molar-refractivity contribution < 1.29 is 8.98 Å². The Hall–Kier alpha value is -3.46. The lowest BCUT2D eigenvalue weighted by Gasteiger charge is -2.24. The number of aryl methyl sites for hydroxylation is 3. The van der Waals surface area contributed by atoms with Gasteiger partial charge in [0.2, 0.25) is 11.4 Å². The summed E-state index contributed by atoms with van der Waals surface area (Å²) in [5.41, 5.74) is 11.9. The third-order valence-corrected chi connectivity index (χ3v) is 8.05. The Bertz CT molecular complexity index is 1600. The van der Waals surface area contributed by atoms with E-state index in [0.717, 1.165) is 27.6 Å². The Morgan fingerprint density at radius 2 is 1.73 bits per heavy atom. The quantitative estimate of drug-likeness (QED) is 0.269. The van der Waals surface area contributed by atoms with Crippen LogP contribution in [0.15, 0.2) is 65.2 Å². The molecule has 7 rings (SSSR count). The SMILES string of the molecule is Cc1cc[n+](C)c(-c2c(C)ccc3c2oc2nc4c(cc23)-c2ccccc2C42CCCC2)c1. The van der Waals surface area contributed by atoms with Crippen LogP contribution in [0, 0.1) is 13.8 Å². The molecule has 2 aromatic carbocycles. The van der Waals surface area contributed by atoms with Gasteiger partial charge in [-0.25, -0.2) is 9.55 Å². The third kappa shape index (κ3) is 2.45. The fourth-order valence-corrected chi connectivity index (χ4v) is 6.42. The summed E-state index contributed by atoms with van der Waals surface area (Å²) < 4.78 is 8.80. The second-order valence-corrected chi connectivity index (χ2v) is 10.0. The zero-order valence-electron chi connectivity index (χ0n) is 19.4. The summed E-state index contributed by atoms with van der Waals surface area (Å²) >= 11 is 0. The van der Waals surface area contributed by atoms with Crippen molar-refractivity contribution in [2.75, 3.05) is 0 Å². The summed E-state index contributed by atoms with van der Waals surface area (Å²) in [6, 6.07) is 20.1. The maximum atomic E-state index is 6.62. The van der Waals surface area contributed by atoms with Gasteiger partial charge in [-0.1, -0.05) is 49.2 Å². The van der Waals surface area contributed by atoms with Crippen LogP contribution in [0.1, 0.15) is 48.1 Å². The molecule has 3 aromatic heterocycles. The van der Waals surface area contributed by atoms with Crippen molar-refractivity contribution >= 4 is 22.1 Å². The molecule has 0 bridgehead atoms. The number of pyridine rings is 2. The Kier molecular flexibility index (Phi) is 3.77. The minimum absolute atomic E-state index is 0.0564. The minimum Gasteiger partial charge on any atom is -0.437 e. The average Bonchev–Trinajstić information content (AvgIpc) is 3.51. The molecular formula is C30H27N2O+. The number of aromatic nitrogens is 2. The number of fused-ring (bicyclic) bond motifs is 8. The number of hydrogen-bond donors (Lipinski definition) is 0. The number of nitrogens with zero attached hydrogens (tertiary/aromatic N) is 2. The zero-order chi connectivity index (χ0) is 22.3. The van der Waals surface area contributed by atoms with Crippen LogP contribution in [0.4, 0.5) is 0 Å². The Balaban J connectivity index is 1.56. The molecule has 162 valence electrons. The van der Waals surface area contributed by atoms with Crippen LogP contribution in [-0.4, -0.2) is 4.98 Å². The van der Waals surface area contributed by atoms with Crippen molar-refractivity contribution in [2.24, 2.45) is 7.05 Å². The van der Waals surface area contributed by atoms with Crippen LogP contribution in [-0.2, 0) is 12.5 Å². The molecule has 1 spiro atoms. The smallest absolute Gasteiger partial charge is 0.227 e. The van der Waals surface area contributed by atoms with E-state index in [1.165, 1.54) is 64.9 Å². The van der Waals surface area contributed by atoms with E-state index in [0.29, 0.717) is 0 Å². The van der Waals surface area contributed by atoms with Crippen molar-refractivity contribution in [1.29, 1.82) is 0 Å². The lowest BCUT2D eigenvalue weighted by molar-refractivity contribution is -0.660. The Labute approximate surface area is 193 Å². The van der Waals surface area contributed by atoms with Gasteiger partial charge in [-0.3, -0.25) is 0 Å². The molecule has 0 radical (unpaired) electrons. The van der Waals surface area contributed by atoms with Gasteiger partial charge in [0, 0.05) is 33.9 Å². The maximum absolute atomic E-state index is 6.62. The standard InChI is InChI=1S/C30H27N2O/c1-18-12-15-32(3)25(16-18)26-19(2)10-11-21-23-17-22-20-8-4-5-9-24(20)30(13-6-7-14-30)28(22)31-29(23)33-27(21)26/h4-5,8-12,15-17H,6-7,13-14H2,1-3H3/q+1. The van der Waals surface area contributed by atoms with Gasteiger partial charge in [0.1, 0.15) is 7.05 Å². The van der Waals surface area contributed by atoms with E-state index in [2.05, 4.69) is 86.3 Å². The summed E-state index contributed by atoms with van der Waals surface area (Å²) in [5.74, 6) is 0. The summed E-state index contributed by atoms with van der Waals surface area (Å²) in [6.45, 7) is 4.31. The lowest BCUT2D eigenvalue weighted by atomic mass is 9.79. The van der Waals surface area contributed by atoms with E-state index >= 15 is 0 Å². The fraction of sp³-hybridized carbons (Fsp3) is 0.267. The van der Waals surface area contributed by atoms with Crippen LogP contribution >= 0.6 is 0 Å². The second-order valence-electron chi connectivity index (χ2n) is 10.0. The predicted octanol–water partition coefficient (Wildman–Crippen LogP) is 6.93. The predicted molar refractivity (Wildman–Crippen MR) is 132 cm³/mol. The number of hydrogen-bond acceptors (Lipinski definition) is 2. The maximum Gasteiger partial charge on any atom is 0.227 e. The van der Waals surface area contributed by atoms with Gasteiger partial charge in [-0.05, 0) is 55.0 Å². The van der Waals surface area contributed by atoms with E-state index in [1.54, 1.807) is 0 Å². The van der Waals surface area contributed by atoms with Crippen molar-refractivity contribution in [1.82, 2.24) is 4.98 Å². The normalized spacial score (nSPS) is 16.1. The first-order valence-electron chi connectivity index (χ1n) is 12.0. The molecule has 3 heteroatoms. The molecule has 0 amide bonds. The van der Waals surface area contributed by atoms with Crippen molar-refractivity contribution in [2.45, 2.75) is 44.9 Å². The minimum atomic E-state index is 0.0564. The first-order valence-corrected chi connectivity index (χ1v) is 12.0. The van der Waals surface area contributed by atoms with Crippen molar-refractivity contribution in [3.63, 3.8) is 0 Å². The van der Waals surface area contributed by atoms with Crippen molar-refractivity contribution in [3.8, 4) is 22.4 Å². The molecule has 1 fully saturated rings. The van der Waals surface area contributed by atoms with Gasteiger partial charge >= 0.3 is 0 Å². The summed E-state index contributed by atoms with van der Waals surface area (Å²) in [4.78, 5) is 5.27. The van der Waals surface area contributed by atoms with E-state index in [1.807, 2.05) is 0 Å². The molecule has 3 nitrogen and oxygen atoms in total. The molecule has 0 atom stereocenters. The Morgan fingerprint density at radius 3 is 2.58 bits per heavy atom. The fourth-order valence-electron chi connectivity index (χ4n) is 6.42. The molecule has 1 saturated carbocycles. The lowest BCUT2D eigenvalue weighted by Crippen LogP contribution is -2.30. The highest BCUT2D eigenvalue weighted by Gasteiger charge is 2.46. The number of rotatable bonds is 1. The molecule has 5 aromatic rings. The molecule has 0 unspecified atom stereocenters. The second kappa shape index (κ2) is 6.54. The van der Waals surface area contributed by atoms with Crippen LogP contribution in [0.5, 0.6) is 0 Å². The van der Waals surface area contributed by atoms with Gasteiger partial charge in [-0.15, -0.1) is 0 Å². The molecule has 0 N–H and O–H groups in total.